The number of benzene rings is 2. The van der Waals surface area contributed by atoms with Crippen LogP contribution in [-0.2, 0) is 4.74 Å². The van der Waals surface area contributed by atoms with E-state index in [0.717, 1.165) is 36.3 Å². The number of para-hydroxylation sites is 1. The molecular formula is C22H22Cl2N2O2. The Morgan fingerprint density at radius 1 is 1.11 bits per heavy atom. The van der Waals surface area contributed by atoms with Crippen LogP contribution in [0.1, 0.15) is 50.3 Å². The summed E-state index contributed by atoms with van der Waals surface area (Å²) in [5.74, 6) is 0.951. The highest BCUT2D eigenvalue weighted by molar-refractivity contribution is 6.42. The minimum atomic E-state index is -0.501. The molecule has 0 amide bonds. The van der Waals surface area contributed by atoms with Crippen molar-refractivity contribution in [3.05, 3.63) is 63.6 Å². The number of hydrazone groups is 1. The van der Waals surface area contributed by atoms with Crippen LogP contribution in [0.2, 0.25) is 10.0 Å². The van der Waals surface area contributed by atoms with E-state index < -0.39 is 5.72 Å². The monoisotopic (exact) mass is 416 g/mol. The predicted octanol–water partition coefficient (Wildman–Crippen LogP) is 5.82. The second-order valence-electron chi connectivity index (χ2n) is 8.36. The molecule has 0 aliphatic carbocycles. The summed E-state index contributed by atoms with van der Waals surface area (Å²) in [5.41, 5.74) is 2.42. The van der Waals surface area contributed by atoms with Gasteiger partial charge in [0.05, 0.1) is 34.0 Å². The van der Waals surface area contributed by atoms with Gasteiger partial charge in [0.1, 0.15) is 5.75 Å². The van der Waals surface area contributed by atoms with Gasteiger partial charge >= 0.3 is 0 Å². The standard InChI is InChI=1S/C22H22Cl2N2O2/c1-21(2)13-22(9-10-27-21)26-19(15-5-3-4-6-20(15)28-22)12-18(25-26)14-7-8-16(23)17(24)11-14/h3-8,11,19H,9-10,12-13H2,1-2H3/t19-,22-/m0/s1. The Labute approximate surface area is 175 Å². The van der Waals surface area contributed by atoms with Gasteiger partial charge in [0.2, 0.25) is 5.72 Å². The van der Waals surface area contributed by atoms with Crippen molar-refractivity contribution in [3.63, 3.8) is 0 Å². The number of rotatable bonds is 1. The SMILES string of the molecule is CC1(C)C[C@]2(CCO1)Oc1ccccc1[C@@H]1CC(c3ccc(Cl)c(Cl)c3)=NN12. The summed E-state index contributed by atoms with van der Waals surface area (Å²) in [6.07, 6.45) is 2.34. The minimum absolute atomic E-state index is 0.142. The van der Waals surface area contributed by atoms with Crippen molar-refractivity contribution >= 4 is 28.9 Å². The van der Waals surface area contributed by atoms with Gasteiger partial charge in [-0.1, -0.05) is 47.5 Å². The zero-order chi connectivity index (χ0) is 19.5. The van der Waals surface area contributed by atoms with Gasteiger partial charge in [0.25, 0.3) is 0 Å². The lowest BCUT2D eigenvalue weighted by Gasteiger charge is -2.52. The molecule has 1 spiro atoms. The van der Waals surface area contributed by atoms with E-state index in [9.17, 15) is 0 Å². The highest BCUT2D eigenvalue weighted by Crippen LogP contribution is 2.51. The van der Waals surface area contributed by atoms with E-state index in [1.54, 1.807) is 0 Å². The van der Waals surface area contributed by atoms with Crippen LogP contribution in [0.25, 0.3) is 0 Å². The molecule has 5 rings (SSSR count). The van der Waals surface area contributed by atoms with Crippen LogP contribution < -0.4 is 4.74 Å². The molecule has 4 nitrogen and oxygen atoms in total. The Kier molecular flexibility index (Phi) is 4.17. The molecule has 0 aromatic heterocycles. The molecule has 0 unspecified atom stereocenters. The van der Waals surface area contributed by atoms with E-state index in [1.807, 2.05) is 24.3 Å². The molecule has 28 heavy (non-hydrogen) atoms. The maximum Gasteiger partial charge on any atom is 0.203 e. The Morgan fingerprint density at radius 3 is 2.71 bits per heavy atom. The quantitative estimate of drug-likeness (QED) is 0.586. The third-order valence-corrected chi connectivity index (χ3v) is 6.59. The highest BCUT2D eigenvalue weighted by atomic mass is 35.5. The maximum absolute atomic E-state index is 6.63. The number of fused-ring (bicyclic) bond motifs is 4. The van der Waals surface area contributed by atoms with Gasteiger partial charge < -0.3 is 9.47 Å². The fraction of sp³-hybridized carbons (Fsp3) is 0.409. The van der Waals surface area contributed by atoms with Gasteiger partial charge in [-0.05, 0) is 37.6 Å². The average Bonchev–Trinajstić information content (AvgIpc) is 3.10. The number of halogens is 2. The molecule has 1 saturated heterocycles. The van der Waals surface area contributed by atoms with E-state index in [4.69, 9.17) is 37.8 Å². The molecule has 0 bridgehead atoms. The van der Waals surface area contributed by atoms with E-state index in [-0.39, 0.29) is 11.6 Å². The van der Waals surface area contributed by atoms with Gasteiger partial charge in [0, 0.05) is 24.8 Å². The molecule has 1 fully saturated rings. The largest absolute Gasteiger partial charge is 0.466 e. The summed E-state index contributed by atoms with van der Waals surface area (Å²) < 4.78 is 12.6. The van der Waals surface area contributed by atoms with Crippen molar-refractivity contribution in [3.8, 4) is 5.75 Å². The molecule has 3 aliphatic heterocycles. The Morgan fingerprint density at radius 2 is 1.93 bits per heavy atom. The second kappa shape index (κ2) is 6.38. The van der Waals surface area contributed by atoms with Gasteiger partial charge in [-0.15, -0.1) is 0 Å². The van der Waals surface area contributed by atoms with Crippen LogP contribution in [0.15, 0.2) is 47.6 Å². The fourth-order valence-corrected chi connectivity index (χ4v) is 4.95. The maximum atomic E-state index is 6.63. The average molecular weight is 417 g/mol. The summed E-state index contributed by atoms with van der Waals surface area (Å²) in [5, 5.41) is 8.34. The summed E-state index contributed by atoms with van der Waals surface area (Å²) in [6.45, 7) is 4.88. The molecule has 3 aliphatic rings. The first-order chi connectivity index (χ1) is 13.4. The van der Waals surface area contributed by atoms with Gasteiger partial charge in [0.15, 0.2) is 0 Å². The summed E-state index contributed by atoms with van der Waals surface area (Å²) >= 11 is 12.4. The number of nitrogens with zero attached hydrogens (tertiary/aromatic N) is 2. The van der Waals surface area contributed by atoms with Crippen molar-refractivity contribution in [1.82, 2.24) is 5.01 Å². The molecule has 3 heterocycles. The zero-order valence-electron chi connectivity index (χ0n) is 15.9. The molecule has 6 heteroatoms. The minimum Gasteiger partial charge on any atom is -0.466 e. The molecule has 2 aromatic carbocycles. The molecule has 146 valence electrons. The van der Waals surface area contributed by atoms with Crippen molar-refractivity contribution < 1.29 is 9.47 Å². The van der Waals surface area contributed by atoms with Crippen molar-refractivity contribution in [2.45, 2.75) is 50.5 Å². The zero-order valence-corrected chi connectivity index (χ0v) is 17.4. The van der Waals surface area contributed by atoms with Crippen LogP contribution in [-0.4, -0.2) is 28.7 Å². The van der Waals surface area contributed by atoms with Crippen LogP contribution >= 0.6 is 23.2 Å². The third kappa shape index (κ3) is 2.90. The molecule has 0 saturated carbocycles. The Hall–Kier alpha value is -1.75. The Balaban J connectivity index is 1.61. The normalized spacial score (nSPS) is 27.8. The fourth-order valence-electron chi connectivity index (χ4n) is 4.65. The number of hydrogen-bond acceptors (Lipinski definition) is 4. The number of ether oxygens (including phenoxy) is 2. The van der Waals surface area contributed by atoms with Crippen molar-refractivity contribution in [2.24, 2.45) is 5.10 Å². The van der Waals surface area contributed by atoms with E-state index >= 15 is 0 Å². The highest BCUT2D eigenvalue weighted by Gasteiger charge is 2.54. The molecule has 0 radical (unpaired) electrons. The number of hydrogen-bond donors (Lipinski definition) is 0. The van der Waals surface area contributed by atoms with Gasteiger partial charge in [-0.2, -0.15) is 5.10 Å². The smallest absolute Gasteiger partial charge is 0.203 e. The molecule has 2 aromatic rings. The topological polar surface area (TPSA) is 34.1 Å². The summed E-state index contributed by atoms with van der Waals surface area (Å²) in [4.78, 5) is 0. The van der Waals surface area contributed by atoms with Crippen LogP contribution in [0, 0.1) is 0 Å². The third-order valence-electron chi connectivity index (χ3n) is 5.85. The van der Waals surface area contributed by atoms with Crippen LogP contribution in [0.5, 0.6) is 5.75 Å². The second-order valence-corrected chi connectivity index (χ2v) is 9.18. The summed E-state index contributed by atoms with van der Waals surface area (Å²) in [6, 6.07) is 14.1. The lowest BCUT2D eigenvalue weighted by Crippen LogP contribution is -2.60. The molecular weight excluding hydrogens is 395 g/mol. The Bertz CT molecular complexity index is 975. The van der Waals surface area contributed by atoms with E-state index in [1.165, 1.54) is 5.56 Å². The van der Waals surface area contributed by atoms with E-state index in [0.29, 0.717) is 16.7 Å². The predicted molar refractivity (Wildman–Crippen MR) is 111 cm³/mol. The lowest BCUT2D eigenvalue weighted by atomic mass is 9.86. The van der Waals surface area contributed by atoms with Crippen LogP contribution in [0.4, 0.5) is 0 Å². The molecule has 0 N–H and O–H groups in total. The lowest BCUT2D eigenvalue weighted by molar-refractivity contribution is -0.212. The first-order valence-corrected chi connectivity index (χ1v) is 10.4. The summed E-state index contributed by atoms with van der Waals surface area (Å²) in [7, 11) is 0. The first-order valence-electron chi connectivity index (χ1n) is 9.61. The van der Waals surface area contributed by atoms with E-state index in [2.05, 4.69) is 37.1 Å². The van der Waals surface area contributed by atoms with Crippen molar-refractivity contribution in [2.75, 3.05) is 6.61 Å². The molecule has 2 atom stereocenters. The van der Waals surface area contributed by atoms with Gasteiger partial charge in [-0.25, -0.2) is 5.01 Å². The first kappa shape index (κ1) is 18.3. The van der Waals surface area contributed by atoms with Gasteiger partial charge in [-0.3, -0.25) is 0 Å². The van der Waals surface area contributed by atoms with Crippen molar-refractivity contribution in [1.29, 1.82) is 0 Å². The van der Waals surface area contributed by atoms with Crippen LogP contribution in [0.3, 0.4) is 0 Å².